The van der Waals surface area contributed by atoms with Gasteiger partial charge in [-0.3, -0.25) is 4.72 Å². The molecule has 0 saturated heterocycles. The van der Waals surface area contributed by atoms with Gasteiger partial charge in [0.2, 0.25) is 0 Å². The number of fused-ring (bicyclic) bond motifs is 1. The molecule has 0 radical (unpaired) electrons. The Kier molecular flexibility index (Phi) is 8.00. The van der Waals surface area contributed by atoms with Crippen LogP contribution in [0.4, 0.5) is 18.9 Å². The second-order valence-electron chi connectivity index (χ2n) is 7.97. The van der Waals surface area contributed by atoms with Crippen LogP contribution in [0, 0.1) is 11.6 Å². The minimum Gasteiger partial charge on any atom is -0.490 e. The maximum absolute atomic E-state index is 15.7. The van der Waals surface area contributed by atoms with Crippen LogP contribution < -0.4 is 9.46 Å². The summed E-state index contributed by atoms with van der Waals surface area (Å²) in [6, 6.07) is 8.58. The lowest BCUT2D eigenvalue weighted by molar-refractivity contribution is 0.130. The highest BCUT2D eigenvalue weighted by atomic mass is 32.2. The topological polar surface area (TPSA) is 103 Å². The summed E-state index contributed by atoms with van der Waals surface area (Å²) < 4.78 is 87.2. The molecule has 2 aromatic heterocycles. The lowest BCUT2D eigenvalue weighted by atomic mass is 9.99. The van der Waals surface area contributed by atoms with Crippen molar-refractivity contribution in [3.63, 3.8) is 0 Å². The van der Waals surface area contributed by atoms with Crippen LogP contribution in [-0.2, 0) is 26.2 Å². The van der Waals surface area contributed by atoms with Crippen LogP contribution in [0.15, 0.2) is 59.8 Å². The number of nitrogens with zero attached hydrogens (tertiary/aromatic N) is 1. The number of pyridine rings is 1. The Balaban J connectivity index is 1.71. The average Bonchev–Trinajstić information content (AvgIpc) is 3.31. The minimum atomic E-state index is -4.25. The quantitative estimate of drug-likeness (QED) is 0.266. The number of aromatic nitrogens is 2. The summed E-state index contributed by atoms with van der Waals surface area (Å²) in [5.41, 5.74) is 0.113. The summed E-state index contributed by atoms with van der Waals surface area (Å²) in [7, 11) is -1.43. The zero-order chi connectivity index (χ0) is 26.6. The summed E-state index contributed by atoms with van der Waals surface area (Å²) in [6.45, 7) is -0.122. The monoisotopic (exact) mass is 535 g/mol. The van der Waals surface area contributed by atoms with E-state index in [0.29, 0.717) is 29.0 Å². The highest BCUT2D eigenvalue weighted by Crippen LogP contribution is 2.37. The fraction of sp³-hybridized carbons (Fsp3) is 0.240. The highest BCUT2D eigenvalue weighted by Gasteiger charge is 2.28. The molecule has 0 aliphatic heterocycles. The summed E-state index contributed by atoms with van der Waals surface area (Å²) >= 11 is 0. The number of alkyl halides is 1. The van der Waals surface area contributed by atoms with Crippen LogP contribution in [0.2, 0.25) is 0 Å². The Bertz CT molecular complexity index is 1490. The summed E-state index contributed by atoms with van der Waals surface area (Å²) in [6.07, 6.45) is 1.75. The van der Waals surface area contributed by atoms with Crippen molar-refractivity contribution in [3.05, 3.63) is 83.2 Å². The Morgan fingerprint density at radius 1 is 1.08 bits per heavy atom. The Hall–Kier alpha value is -3.61. The molecule has 37 heavy (non-hydrogen) atoms. The van der Waals surface area contributed by atoms with Gasteiger partial charge in [-0.2, -0.15) is 0 Å². The van der Waals surface area contributed by atoms with E-state index in [1.165, 1.54) is 50.9 Å². The number of ether oxygens (including phenoxy) is 3. The molecule has 8 nitrogen and oxygen atoms in total. The van der Waals surface area contributed by atoms with Crippen molar-refractivity contribution >= 4 is 26.7 Å². The second kappa shape index (κ2) is 11.2. The van der Waals surface area contributed by atoms with Crippen LogP contribution >= 0.6 is 0 Å². The predicted octanol–water partition coefficient (Wildman–Crippen LogP) is 4.87. The Morgan fingerprint density at radius 2 is 1.84 bits per heavy atom. The lowest BCUT2D eigenvalue weighted by Crippen LogP contribution is -2.16. The Labute approximate surface area is 211 Å². The van der Waals surface area contributed by atoms with Crippen molar-refractivity contribution in [2.45, 2.75) is 17.7 Å². The van der Waals surface area contributed by atoms with Gasteiger partial charge < -0.3 is 19.2 Å². The summed E-state index contributed by atoms with van der Waals surface area (Å²) in [5, 5.41) is 0.500. The molecule has 196 valence electrons. The van der Waals surface area contributed by atoms with Crippen LogP contribution in [0.5, 0.6) is 5.75 Å². The van der Waals surface area contributed by atoms with Crippen LogP contribution in [0.1, 0.15) is 22.8 Å². The van der Waals surface area contributed by atoms with Crippen molar-refractivity contribution in [1.29, 1.82) is 0 Å². The third-order valence-corrected chi connectivity index (χ3v) is 7.01. The minimum absolute atomic E-state index is 0.207. The van der Waals surface area contributed by atoms with Crippen molar-refractivity contribution in [1.82, 2.24) is 9.97 Å². The van der Waals surface area contributed by atoms with Crippen LogP contribution in [0.3, 0.4) is 0 Å². The molecule has 2 aromatic carbocycles. The van der Waals surface area contributed by atoms with E-state index < -0.39 is 45.7 Å². The number of H-pyrrole nitrogens is 1. The molecule has 1 atom stereocenters. The van der Waals surface area contributed by atoms with E-state index in [9.17, 15) is 17.2 Å². The predicted molar refractivity (Wildman–Crippen MR) is 131 cm³/mol. The lowest BCUT2D eigenvalue weighted by Gasteiger charge is -2.19. The molecule has 12 heteroatoms. The average molecular weight is 536 g/mol. The Morgan fingerprint density at radius 3 is 2.51 bits per heavy atom. The maximum Gasteiger partial charge on any atom is 0.261 e. The highest BCUT2D eigenvalue weighted by molar-refractivity contribution is 7.92. The SMILES string of the molecule is COCCOc1cnc2[nH]cc(C(OC)c3c(F)ccc(NS(=O)(=O)c4ccc(CF)cc4)c3F)c2c1. The van der Waals surface area contributed by atoms with Gasteiger partial charge in [-0.1, -0.05) is 12.1 Å². The first-order valence-corrected chi connectivity index (χ1v) is 12.5. The molecule has 1 unspecified atom stereocenters. The van der Waals surface area contributed by atoms with Gasteiger partial charge in [0.15, 0.2) is 5.82 Å². The van der Waals surface area contributed by atoms with E-state index in [2.05, 4.69) is 14.7 Å². The number of nitrogens with one attached hydrogen (secondary N) is 2. The second-order valence-corrected chi connectivity index (χ2v) is 9.66. The molecule has 0 fully saturated rings. The molecule has 0 saturated carbocycles. The van der Waals surface area contributed by atoms with Gasteiger partial charge in [0, 0.05) is 31.4 Å². The molecular formula is C25H24F3N3O5S. The van der Waals surface area contributed by atoms with E-state index in [4.69, 9.17) is 14.2 Å². The third kappa shape index (κ3) is 5.55. The number of aromatic amines is 1. The molecule has 2 N–H and O–H groups in total. The zero-order valence-electron chi connectivity index (χ0n) is 19.9. The molecule has 0 aliphatic rings. The van der Waals surface area contributed by atoms with E-state index in [1.54, 1.807) is 6.07 Å². The molecule has 0 spiro atoms. The van der Waals surface area contributed by atoms with Gasteiger partial charge in [0.1, 0.15) is 36.6 Å². The summed E-state index contributed by atoms with van der Waals surface area (Å²) in [4.78, 5) is 7.00. The molecule has 0 bridgehead atoms. The number of rotatable bonds is 11. The zero-order valence-corrected chi connectivity index (χ0v) is 20.7. The fourth-order valence-corrected chi connectivity index (χ4v) is 4.85. The normalized spacial score (nSPS) is 12.6. The largest absolute Gasteiger partial charge is 0.490 e. The fourth-order valence-electron chi connectivity index (χ4n) is 3.79. The van der Waals surface area contributed by atoms with Gasteiger partial charge in [-0.25, -0.2) is 26.6 Å². The number of sulfonamides is 1. The number of hydrogen-bond donors (Lipinski definition) is 2. The molecule has 0 aliphatic carbocycles. The van der Waals surface area contributed by atoms with E-state index in [-0.39, 0.29) is 17.1 Å². The maximum atomic E-state index is 15.7. The van der Waals surface area contributed by atoms with Crippen molar-refractivity contribution in [2.75, 3.05) is 32.2 Å². The first kappa shape index (κ1) is 26.5. The first-order valence-electron chi connectivity index (χ1n) is 11.1. The van der Waals surface area contributed by atoms with Gasteiger partial charge >= 0.3 is 0 Å². The summed E-state index contributed by atoms with van der Waals surface area (Å²) in [5.74, 6) is -1.67. The number of anilines is 1. The van der Waals surface area contributed by atoms with E-state index in [0.717, 1.165) is 12.1 Å². The number of halogens is 3. The number of hydrogen-bond acceptors (Lipinski definition) is 6. The third-order valence-electron chi connectivity index (χ3n) is 5.63. The van der Waals surface area contributed by atoms with Gasteiger partial charge in [0.25, 0.3) is 10.0 Å². The van der Waals surface area contributed by atoms with Gasteiger partial charge in [-0.15, -0.1) is 0 Å². The van der Waals surface area contributed by atoms with Crippen molar-refractivity contribution in [2.24, 2.45) is 0 Å². The van der Waals surface area contributed by atoms with Crippen molar-refractivity contribution in [3.8, 4) is 5.75 Å². The van der Waals surface area contributed by atoms with Crippen LogP contribution in [0.25, 0.3) is 11.0 Å². The standard InChI is InChI=1S/C25H24F3N3O5S/c1-34-9-10-36-16-11-18-19(14-30-25(18)29-13-16)24(35-2)22-20(27)7-8-21(23(22)28)31-37(32,33)17-5-3-15(12-26)4-6-17/h3-8,11,13-14,24,31H,9-10,12H2,1-2H3,(H,29,30). The first-order chi connectivity index (χ1) is 17.8. The van der Waals surface area contributed by atoms with E-state index in [1.807, 2.05) is 0 Å². The molecule has 4 rings (SSSR count). The van der Waals surface area contributed by atoms with Gasteiger partial charge in [-0.05, 0) is 35.9 Å². The number of methoxy groups -OCH3 is 2. The smallest absolute Gasteiger partial charge is 0.261 e. The van der Waals surface area contributed by atoms with Crippen LogP contribution in [-0.4, -0.2) is 45.8 Å². The number of benzene rings is 2. The van der Waals surface area contributed by atoms with Crippen molar-refractivity contribution < 1.29 is 35.8 Å². The molecule has 2 heterocycles. The molecule has 0 amide bonds. The molecular weight excluding hydrogens is 511 g/mol. The molecule has 4 aromatic rings. The van der Waals surface area contributed by atoms with Gasteiger partial charge in [0.05, 0.1) is 29.0 Å². The van der Waals surface area contributed by atoms with E-state index >= 15 is 4.39 Å².